The molecule has 0 bridgehead atoms. The van der Waals surface area contributed by atoms with Crippen molar-refractivity contribution in [2.45, 2.75) is 102 Å². The number of hydrogen-bond donors (Lipinski definition) is 0. The summed E-state index contributed by atoms with van der Waals surface area (Å²) in [7, 11) is 0. The molecule has 4 atom stereocenters. The number of aryl methyl sites for hydroxylation is 2. The van der Waals surface area contributed by atoms with Crippen molar-refractivity contribution in [1.29, 1.82) is 0 Å². The van der Waals surface area contributed by atoms with Gasteiger partial charge in [-0.1, -0.05) is 0 Å². The number of fused-ring (bicyclic) bond motifs is 2. The highest BCUT2D eigenvalue weighted by atomic mass is 19.1. The summed E-state index contributed by atoms with van der Waals surface area (Å²) in [6, 6.07) is 8.28. The van der Waals surface area contributed by atoms with E-state index in [1.165, 1.54) is 0 Å². The Hall–Kier alpha value is -2.92. The third kappa shape index (κ3) is 6.33. The quantitative estimate of drug-likeness (QED) is 0.227. The first kappa shape index (κ1) is 31.7. The fourth-order valence-corrected chi connectivity index (χ4v) is 7.62. The van der Waals surface area contributed by atoms with Crippen LogP contribution in [0.3, 0.4) is 0 Å². The molecule has 4 saturated heterocycles. The Bertz CT molecular complexity index is 1640. The molecule has 4 aliphatic rings. The molecule has 10 heteroatoms. The first-order valence-corrected chi connectivity index (χ1v) is 17.1. The summed E-state index contributed by atoms with van der Waals surface area (Å²) in [5.41, 5.74) is 4.73. The second-order valence-corrected chi connectivity index (χ2v) is 13.4. The number of benzene rings is 2. The normalized spacial score (nSPS) is 27.0. The Morgan fingerprint density at radius 3 is 1.91 bits per heavy atom. The zero-order valence-electron chi connectivity index (χ0n) is 27.1. The van der Waals surface area contributed by atoms with E-state index >= 15 is 4.39 Å². The molecule has 8 rings (SSSR count). The van der Waals surface area contributed by atoms with E-state index in [-0.39, 0.29) is 25.0 Å². The second-order valence-electron chi connectivity index (χ2n) is 13.4. The molecule has 6 heterocycles. The van der Waals surface area contributed by atoms with E-state index in [0.29, 0.717) is 32.7 Å². The van der Waals surface area contributed by atoms with E-state index < -0.39 is 11.8 Å². The highest BCUT2D eigenvalue weighted by molar-refractivity contribution is 5.81. The molecule has 4 aromatic rings. The van der Waals surface area contributed by atoms with Crippen LogP contribution in [0.5, 0.6) is 0 Å². The SMILES string of the molecule is Cc1cc2cnn(C3CCCCO3)c2cc1C1(F)CCOCC1.Cc1cc2cnn(C3CCCCO3)c2cc1C1CCOCC1F. The number of ether oxygens (including phenoxy) is 4. The smallest absolute Gasteiger partial charge is 0.150 e. The van der Waals surface area contributed by atoms with Crippen molar-refractivity contribution >= 4 is 21.8 Å². The molecular formula is C36H46F2N4O4. The zero-order chi connectivity index (χ0) is 31.7. The van der Waals surface area contributed by atoms with Gasteiger partial charge in [0.05, 0.1) is 30.0 Å². The fraction of sp³-hybridized carbons (Fsp3) is 0.611. The minimum Gasteiger partial charge on any atom is -0.381 e. The van der Waals surface area contributed by atoms with Crippen LogP contribution < -0.4 is 0 Å². The number of halogens is 2. The predicted molar refractivity (Wildman–Crippen MR) is 173 cm³/mol. The Kier molecular flexibility index (Phi) is 9.41. The van der Waals surface area contributed by atoms with Gasteiger partial charge in [0.1, 0.15) is 11.8 Å². The van der Waals surface area contributed by atoms with Crippen LogP contribution in [0.2, 0.25) is 0 Å². The van der Waals surface area contributed by atoms with Crippen molar-refractivity contribution in [2.75, 3.05) is 39.6 Å². The van der Waals surface area contributed by atoms with Crippen LogP contribution in [-0.4, -0.2) is 65.4 Å². The van der Waals surface area contributed by atoms with Gasteiger partial charge in [-0.3, -0.25) is 0 Å². The highest BCUT2D eigenvalue weighted by Crippen LogP contribution is 2.40. The summed E-state index contributed by atoms with van der Waals surface area (Å²) in [5.74, 6) is -0.0798. The number of aromatic nitrogens is 4. The molecule has 2 aromatic heterocycles. The van der Waals surface area contributed by atoms with E-state index in [1.54, 1.807) is 0 Å². The lowest BCUT2D eigenvalue weighted by Gasteiger charge is -2.31. The summed E-state index contributed by atoms with van der Waals surface area (Å²) < 4.78 is 56.0. The summed E-state index contributed by atoms with van der Waals surface area (Å²) in [4.78, 5) is 0. The maximum absolute atomic E-state index is 15.4. The van der Waals surface area contributed by atoms with Crippen LogP contribution >= 0.6 is 0 Å². The van der Waals surface area contributed by atoms with Gasteiger partial charge >= 0.3 is 0 Å². The van der Waals surface area contributed by atoms with Crippen molar-refractivity contribution in [2.24, 2.45) is 0 Å². The first-order valence-electron chi connectivity index (χ1n) is 17.1. The number of alkyl halides is 2. The van der Waals surface area contributed by atoms with E-state index in [0.717, 1.165) is 102 Å². The minimum absolute atomic E-state index is 0.00710. The van der Waals surface area contributed by atoms with Gasteiger partial charge in [0.2, 0.25) is 0 Å². The zero-order valence-corrected chi connectivity index (χ0v) is 27.1. The van der Waals surface area contributed by atoms with E-state index in [9.17, 15) is 4.39 Å². The van der Waals surface area contributed by atoms with Crippen molar-refractivity contribution < 1.29 is 27.7 Å². The molecule has 4 aliphatic heterocycles. The van der Waals surface area contributed by atoms with Gasteiger partial charge in [0, 0.05) is 62.6 Å². The van der Waals surface area contributed by atoms with Gasteiger partial charge < -0.3 is 18.9 Å². The summed E-state index contributed by atoms with van der Waals surface area (Å²) in [6.45, 7) is 7.41. The third-order valence-corrected chi connectivity index (χ3v) is 10.2. The minimum atomic E-state index is -1.29. The van der Waals surface area contributed by atoms with Gasteiger partial charge in [-0.15, -0.1) is 0 Å². The number of hydrogen-bond acceptors (Lipinski definition) is 6. The first-order chi connectivity index (χ1) is 22.4. The lowest BCUT2D eigenvalue weighted by molar-refractivity contribution is -0.0368. The van der Waals surface area contributed by atoms with Crippen LogP contribution in [-0.2, 0) is 24.6 Å². The average molecular weight is 637 g/mol. The molecule has 2 aromatic carbocycles. The number of rotatable bonds is 4. The van der Waals surface area contributed by atoms with E-state index in [4.69, 9.17) is 18.9 Å². The second kappa shape index (κ2) is 13.7. The van der Waals surface area contributed by atoms with Gasteiger partial charge in [-0.05, 0) is 105 Å². The van der Waals surface area contributed by atoms with E-state index in [2.05, 4.69) is 29.3 Å². The Balaban J connectivity index is 0.000000147. The van der Waals surface area contributed by atoms with Crippen LogP contribution in [0.1, 0.15) is 98.4 Å². The monoisotopic (exact) mass is 636 g/mol. The summed E-state index contributed by atoms with van der Waals surface area (Å²) in [6.07, 6.45) is 10.9. The Morgan fingerprint density at radius 2 is 1.33 bits per heavy atom. The summed E-state index contributed by atoms with van der Waals surface area (Å²) >= 11 is 0. The van der Waals surface area contributed by atoms with Crippen LogP contribution in [0.25, 0.3) is 21.8 Å². The molecule has 0 N–H and O–H groups in total. The molecule has 0 aliphatic carbocycles. The molecule has 4 unspecified atom stereocenters. The Morgan fingerprint density at radius 1 is 0.717 bits per heavy atom. The van der Waals surface area contributed by atoms with Crippen molar-refractivity contribution in [1.82, 2.24) is 19.6 Å². The summed E-state index contributed by atoms with van der Waals surface area (Å²) in [5, 5.41) is 11.2. The largest absolute Gasteiger partial charge is 0.381 e. The molecular weight excluding hydrogens is 590 g/mol. The highest BCUT2D eigenvalue weighted by Gasteiger charge is 2.36. The molecule has 0 amide bonds. The van der Waals surface area contributed by atoms with Gasteiger partial charge in [-0.25, -0.2) is 18.1 Å². The average Bonchev–Trinajstić information content (AvgIpc) is 3.69. The van der Waals surface area contributed by atoms with Crippen molar-refractivity contribution in [3.63, 3.8) is 0 Å². The van der Waals surface area contributed by atoms with E-state index in [1.807, 2.05) is 40.8 Å². The molecule has 0 radical (unpaired) electrons. The maximum atomic E-state index is 15.4. The predicted octanol–water partition coefficient (Wildman–Crippen LogP) is 7.90. The van der Waals surface area contributed by atoms with Crippen molar-refractivity contribution in [3.05, 3.63) is 58.9 Å². The molecule has 248 valence electrons. The van der Waals surface area contributed by atoms with Crippen LogP contribution in [0.4, 0.5) is 8.78 Å². The topological polar surface area (TPSA) is 72.6 Å². The maximum Gasteiger partial charge on any atom is 0.150 e. The number of nitrogens with zero attached hydrogens (tertiary/aromatic N) is 4. The van der Waals surface area contributed by atoms with Gasteiger partial charge in [0.25, 0.3) is 0 Å². The van der Waals surface area contributed by atoms with Crippen LogP contribution in [0.15, 0.2) is 36.7 Å². The van der Waals surface area contributed by atoms with Gasteiger partial charge in [0.15, 0.2) is 12.5 Å². The lowest BCUT2D eigenvalue weighted by atomic mass is 9.85. The third-order valence-electron chi connectivity index (χ3n) is 10.2. The lowest BCUT2D eigenvalue weighted by Crippen LogP contribution is -2.30. The molecule has 0 spiro atoms. The van der Waals surface area contributed by atoms with Crippen molar-refractivity contribution in [3.8, 4) is 0 Å². The molecule has 0 saturated carbocycles. The van der Waals surface area contributed by atoms with Crippen LogP contribution in [0, 0.1) is 13.8 Å². The molecule has 8 nitrogen and oxygen atoms in total. The van der Waals surface area contributed by atoms with Gasteiger partial charge in [-0.2, -0.15) is 10.2 Å². The standard InChI is InChI=1S/2C18H23FN2O2/c1-13-10-14-12-20-21(17-4-2-3-7-23-17)16(14)11-15(13)18(19)5-8-22-9-6-18;1-12-8-13-10-20-21(18-4-2-3-6-23-18)17(13)9-15(12)14-5-7-22-11-16(14)19/h10-12,17H,2-9H2,1H3;8-10,14,16,18H,2-7,11H2,1H3. The molecule has 4 fully saturated rings. The fourth-order valence-electron chi connectivity index (χ4n) is 7.62. The Labute approximate surface area is 269 Å². The molecule has 46 heavy (non-hydrogen) atoms.